The van der Waals surface area contributed by atoms with Crippen molar-refractivity contribution >= 4 is 39.5 Å². The maximum absolute atomic E-state index is 13.1. The summed E-state index contributed by atoms with van der Waals surface area (Å²) in [7, 11) is -9.95. The van der Waals surface area contributed by atoms with Crippen LogP contribution in [0.5, 0.6) is 0 Å². The summed E-state index contributed by atoms with van der Waals surface area (Å²) in [5, 5.41) is 10.6. The zero-order chi connectivity index (χ0) is 73.2. The Morgan fingerprint density at radius 2 is 0.530 bits per heavy atom. The quantitative estimate of drug-likeness (QED) is 0.0169. The molecule has 0 bridgehead atoms. The lowest BCUT2D eigenvalue weighted by Crippen LogP contribution is -2.30. The zero-order valence-corrected chi connectivity index (χ0v) is 64.9. The van der Waals surface area contributed by atoms with Crippen molar-refractivity contribution < 1.29 is 80.2 Å². The van der Waals surface area contributed by atoms with Crippen molar-refractivity contribution in [3.63, 3.8) is 0 Å². The fourth-order valence-electron chi connectivity index (χ4n) is 10.5. The van der Waals surface area contributed by atoms with Gasteiger partial charge in [-0.15, -0.1) is 0 Å². The Morgan fingerprint density at radius 3 is 0.860 bits per heavy atom. The molecule has 0 aromatic carbocycles. The van der Waals surface area contributed by atoms with E-state index in [4.69, 9.17) is 37.0 Å². The normalized spacial score (nSPS) is 14.4. The van der Waals surface area contributed by atoms with Crippen molar-refractivity contribution in [3.8, 4) is 0 Å². The molecule has 19 heteroatoms. The number of hydrogen-bond acceptors (Lipinski definition) is 15. The molecule has 0 aromatic heterocycles. The first-order valence-electron chi connectivity index (χ1n) is 39.5. The number of unbranched alkanes of at least 4 members (excludes halogenated alkanes) is 32. The first kappa shape index (κ1) is 96.0. The number of phosphoric ester groups is 2. The number of phosphoric acid groups is 2. The summed E-state index contributed by atoms with van der Waals surface area (Å²) < 4.78 is 68.5. The highest BCUT2D eigenvalue weighted by Gasteiger charge is 2.30. The minimum absolute atomic E-state index is 0.0817. The van der Waals surface area contributed by atoms with E-state index >= 15 is 0 Å². The van der Waals surface area contributed by atoms with E-state index in [1.54, 1.807) is 0 Å². The van der Waals surface area contributed by atoms with Gasteiger partial charge < -0.3 is 33.8 Å². The van der Waals surface area contributed by atoms with Crippen LogP contribution in [-0.2, 0) is 65.4 Å². The third-order valence-electron chi connectivity index (χ3n) is 16.5. The number of carbonyl (C=O) groups is 4. The minimum Gasteiger partial charge on any atom is -0.462 e. The number of carbonyl (C=O) groups excluding carboxylic acids is 4. The molecule has 0 heterocycles. The van der Waals surface area contributed by atoms with Crippen LogP contribution in [0.1, 0.15) is 336 Å². The summed E-state index contributed by atoms with van der Waals surface area (Å²) in [5.74, 6) is -2.20. The molecule has 0 spiro atoms. The second-order valence-electron chi connectivity index (χ2n) is 26.3. The first-order chi connectivity index (χ1) is 48.7. The summed E-state index contributed by atoms with van der Waals surface area (Å²) in [5.41, 5.74) is 0. The molecule has 0 aliphatic rings. The molecule has 0 aliphatic heterocycles. The first-order valence-corrected chi connectivity index (χ1v) is 42.5. The molecule has 0 radical (unpaired) electrons. The van der Waals surface area contributed by atoms with E-state index in [-0.39, 0.29) is 25.7 Å². The van der Waals surface area contributed by atoms with Crippen LogP contribution in [0, 0.1) is 0 Å². The summed E-state index contributed by atoms with van der Waals surface area (Å²) in [6.45, 7) is 4.67. The molecule has 3 N–H and O–H groups in total. The van der Waals surface area contributed by atoms with Crippen molar-refractivity contribution in [2.24, 2.45) is 0 Å². The monoisotopic (exact) mass is 1450 g/mol. The Kier molecular flexibility index (Phi) is 70.4. The topological polar surface area (TPSA) is 237 Å². The smallest absolute Gasteiger partial charge is 0.462 e. The van der Waals surface area contributed by atoms with E-state index in [0.29, 0.717) is 25.7 Å². The molecule has 5 unspecified atom stereocenters. The lowest BCUT2D eigenvalue weighted by Gasteiger charge is -2.21. The van der Waals surface area contributed by atoms with Crippen molar-refractivity contribution in [3.05, 3.63) is 97.2 Å². The van der Waals surface area contributed by atoms with Crippen LogP contribution in [0.25, 0.3) is 0 Å². The van der Waals surface area contributed by atoms with Crippen LogP contribution in [0.4, 0.5) is 0 Å². The third kappa shape index (κ3) is 72.3. The van der Waals surface area contributed by atoms with Crippen molar-refractivity contribution in [1.29, 1.82) is 0 Å². The Labute approximate surface area is 607 Å². The van der Waals surface area contributed by atoms with Crippen LogP contribution in [0.2, 0.25) is 0 Å². The van der Waals surface area contributed by atoms with Gasteiger partial charge >= 0.3 is 39.5 Å². The zero-order valence-electron chi connectivity index (χ0n) is 63.1. The highest BCUT2D eigenvalue weighted by atomic mass is 31.2. The number of allylic oxidation sites excluding steroid dienone is 16. The molecule has 578 valence electrons. The van der Waals surface area contributed by atoms with Gasteiger partial charge in [-0.3, -0.25) is 37.3 Å². The van der Waals surface area contributed by atoms with Gasteiger partial charge in [0.05, 0.1) is 26.4 Å². The van der Waals surface area contributed by atoms with Gasteiger partial charge in [0.15, 0.2) is 12.2 Å². The molecule has 0 fully saturated rings. The summed E-state index contributed by atoms with van der Waals surface area (Å²) in [6.07, 6.45) is 76.8. The van der Waals surface area contributed by atoms with Crippen LogP contribution in [-0.4, -0.2) is 96.7 Å². The number of aliphatic hydroxyl groups is 1. The number of hydrogen-bond donors (Lipinski definition) is 3. The predicted molar refractivity (Wildman–Crippen MR) is 409 cm³/mol. The Balaban J connectivity index is 5.30. The molecule has 0 rings (SSSR count). The average Bonchev–Trinajstić information content (AvgIpc) is 0.939. The molecule has 0 aromatic rings. The number of aliphatic hydroxyl groups excluding tert-OH is 1. The van der Waals surface area contributed by atoms with Gasteiger partial charge in [0, 0.05) is 25.7 Å². The van der Waals surface area contributed by atoms with Gasteiger partial charge in [0.2, 0.25) is 0 Å². The maximum Gasteiger partial charge on any atom is 0.472 e. The van der Waals surface area contributed by atoms with E-state index in [1.165, 1.54) is 57.8 Å². The van der Waals surface area contributed by atoms with Crippen LogP contribution in [0.3, 0.4) is 0 Å². The van der Waals surface area contributed by atoms with Gasteiger partial charge in [0.1, 0.15) is 19.3 Å². The van der Waals surface area contributed by atoms with Crippen LogP contribution in [0.15, 0.2) is 97.2 Å². The fraction of sp³-hybridized carbons (Fsp3) is 0.753. The molecular formula is C81H142O17P2. The Hall–Kier alpha value is -4.02. The van der Waals surface area contributed by atoms with Gasteiger partial charge in [0.25, 0.3) is 0 Å². The summed E-state index contributed by atoms with van der Waals surface area (Å²) >= 11 is 0. The summed E-state index contributed by atoms with van der Waals surface area (Å²) in [6, 6.07) is 0. The predicted octanol–water partition coefficient (Wildman–Crippen LogP) is 22.8. The molecule has 5 atom stereocenters. The maximum atomic E-state index is 13.1. The molecule has 0 aliphatic carbocycles. The molecular weight excluding hydrogens is 1310 g/mol. The van der Waals surface area contributed by atoms with Gasteiger partial charge in [-0.05, 0) is 141 Å². The SMILES string of the molecule is CC/C=C\C/C=C\C/C=C\CCCCCCCCCC(=O)OCC(COP(=O)(O)OCC(O)COP(=O)(O)OCC(COC(=O)CCCCCCCC/C=C\C/C=C\C/C=C\CCCCC)OC(=O)CCCCCCC/C=C\CCCC)OC(=O)CCCCCCC/C=C\CCCCCC. The Bertz CT molecular complexity index is 2270. The second kappa shape index (κ2) is 73.3. The molecule has 17 nitrogen and oxygen atoms in total. The minimum atomic E-state index is -4.98. The molecule has 100 heavy (non-hydrogen) atoms. The van der Waals surface area contributed by atoms with Crippen LogP contribution < -0.4 is 0 Å². The molecule has 0 amide bonds. The molecule has 0 saturated heterocycles. The van der Waals surface area contributed by atoms with E-state index in [0.717, 1.165) is 199 Å². The number of rotatable bonds is 74. The van der Waals surface area contributed by atoms with Gasteiger partial charge in [-0.25, -0.2) is 9.13 Å². The second-order valence-corrected chi connectivity index (χ2v) is 29.2. The fourth-order valence-corrected chi connectivity index (χ4v) is 12.0. The van der Waals surface area contributed by atoms with E-state index in [1.807, 2.05) is 0 Å². The van der Waals surface area contributed by atoms with E-state index in [9.17, 15) is 43.2 Å². The lowest BCUT2D eigenvalue weighted by molar-refractivity contribution is -0.161. The third-order valence-corrected chi connectivity index (χ3v) is 18.4. The highest BCUT2D eigenvalue weighted by molar-refractivity contribution is 7.47. The van der Waals surface area contributed by atoms with Crippen molar-refractivity contribution in [2.75, 3.05) is 39.6 Å². The van der Waals surface area contributed by atoms with Gasteiger partial charge in [-0.1, -0.05) is 266 Å². The van der Waals surface area contributed by atoms with Crippen molar-refractivity contribution in [1.82, 2.24) is 0 Å². The van der Waals surface area contributed by atoms with Crippen LogP contribution >= 0.6 is 15.6 Å². The lowest BCUT2D eigenvalue weighted by atomic mass is 10.1. The highest BCUT2D eigenvalue weighted by Crippen LogP contribution is 2.45. The average molecular weight is 1450 g/mol. The molecule has 0 saturated carbocycles. The van der Waals surface area contributed by atoms with Crippen molar-refractivity contribution in [2.45, 2.75) is 354 Å². The van der Waals surface area contributed by atoms with E-state index < -0.39 is 97.5 Å². The standard InChI is InChI=1S/C81H142O17P2/c1-5-9-13-17-21-25-29-32-34-36-37-39-41-44-47-50-54-58-62-66-78(83)91-71-76(97-80(85)67-63-59-55-51-45-28-24-20-16-12-8-4)73-95-99(87,88)93-69-75(82)70-94-100(89,90)96-74-77(98-81(86)68-64-60-56-52-48-42-31-27-23-19-15-11-7-3)72-92-79(84)65-61-57-53-49-46-43-40-38-35-33-30-26-22-18-14-10-6-2/h10,14,20-22,24-27,31-35,37,39,75-77,82H,5-9,11-13,15-19,23,28-30,36,38,40-74H2,1-4H3,(H,87,88)(H,89,90)/b14-10-,24-20-,25-21-,26-22-,31-27-,34-32-,35-33-,39-37-. The summed E-state index contributed by atoms with van der Waals surface area (Å²) in [4.78, 5) is 72.9. The van der Waals surface area contributed by atoms with Gasteiger partial charge in [-0.2, -0.15) is 0 Å². The number of ether oxygens (including phenoxy) is 4. The van der Waals surface area contributed by atoms with E-state index in [2.05, 4.69) is 125 Å². The Morgan fingerprint density at radius 1 is 0.290 bits per heavy atom. The largest absolute Gasteiger partial charge is 0.472 e. The number of esters is 4.